The molecule has 1 rings (SSSR count). The van der Waals surface area contributed by atoms with Crippen molar-refractivity contribution in [2.45, 2.75) is 13.1 Å². The summed E-state index contributed by atoms with van der Waals surface area (Å²) in [5.74, 6) is 0. The third kappa shape index (κ3) is 3.26. The van der Waals surface area contributed by atoms with E-state index in [0.717, 1.165) is 0 Å². The first kappa shape index (κ1) is 8.87. The molecule has 0 saturated heterocycles. The Balaban J connectivity index is 3.12. The predicted octanol–water partition coefficient (Wildman–Crippen LogP) is -1.28. The van der Waals surface area contributed by atoms with Crippen LogP contribution in [0.5, 0.6) is 0 Å². The highest BCUT2D eigenvalue weighted by Gasteiger charge is 2.16. The van der Waals surface area contributed by atoms with Gasteiger partial charge in [0.1, 0.15) is 7.85 Å². The summed E-state index contributed by atoms with van der Waals surface area (Å²) in [4.78, 5) is 17.5. The van der Waals surface area contributed by atoms with Crippen LogP contribution in [-0.2, 0) is 10.7 Å². The van der Waals surface area contributed by atoms with Gasteiger partial charge in [0.05, 0.1) is 18.9 Å². The van der Waals surface area contributed by atoms with Crippen LogP contribution in [0.4, 0.5) is 0 Å². The highest BCUT2D eigenvalue weighted by atomic mass is 31.2. The lowest BCUT2D eigenvalue weighted by atomic mass is 9.95. The quantitative estimate of drug-likeness (QED) is 0.460. The SMILES string of the molecule is [2H]c1c(C)nnc(CP(=O)(O)O)c1B. The van der Waals surface area contributed by atoms with Gasteiger partial charge >= 0.3 is 7.60 Å². The van der Waals surface area contributed by atoms with Gasteiger partial charge in [-0.15, -0.1) is 0 Å². The zero-order chi connectivity index (χ0) is 10.9. The Kier molecular flexibility index (Phi) is 2.44. The van der Waals surface area contributed by atoms with E-state index in [1.165, 1.54) is 0 Å². The zero-order valence-corrected chi connectivity index (χ0v) is 8.25. The standard InChI is InChI=1S/C6H10BN2O3P/c1-4-2-5(7)6(9-8-4)3-13(10,11)12/h2H,3,7H2,1H3,(H2,10,11,12)/i2D. The molecule has 0 aromatic carbocycles. The fourth-order valence-electron chi connectivity index (χ4n) is 0.924. The molecule has 0 aliphatic rings. The molecular weight excluding hydrogens is 190 g/mol. The van der Waals surface area contributed by atoms with E-state index in [4.69, 9.17) is 11.2 Å². The topological polar surface area (TPSA) is 83.3 Å². The van der Waals surface area contributed by atoms with Gasteiger partial charge in [0.15, 0.2) is 0 Å². The number of aromatic nitrogens is 2. The third-order valence-corrected chi connectivity index (χ3v) is 2.19. The maximum Gasteiger partial charge on any atom is 0.331 e. The van der Waals surface area contributed by atoms with Crippen molar-refractivity contribution >= 4 is 20.9 Å². The zero-order valence-electron chi connectivity index (χ0n) is 8.35. The maximum absolute atomic E-state index is 10.7. The Bertz CT molecular complexity index is 408. The van der Waals surface area contributed by atoms with Gasteiger partial charge in [0, 0.05) is 0 Å². The smallest absolute Gasteiger partial charge is 0.324 e. The first-order valence-corrected chi connectivity index (χ1v) is 5.45. The highest BCUT2D eigenvalue weighted by molar-refractivity contribution is 7.50. The van der Waals surface area contributed by atoms with Gasteiger partial charge in [-0.3, -0.25) is 4.57 Å². The second-order valence-electron chi connectivity index (χ2n) is 2.80. The van der Waals surface area contributed by atoms with Gasteiger partial charge < -0.3 is 9.79 Å². The summed E-state index contributed by atoms with van der Waals surface area (Å²) in [5.41, 5.74) is 1.12. The number of rotatable bonds is 2. The van der Waals surface area contributed by atoms with E-state index >= 15 is 0 Å². The molecule has 0 atom stereocenters. The lowest BCUT2D eigenvalue weighted by molar-refractivity contribution is 0.371. The van der Waals surface area contributed by atoms with Crippen molar-refractivity contribution in [3.63, 3.8) is 0 Å². The van der Waals surface area contributed by atoms with Crippen molar-refractivity contribution in [2.75, 3.05) is 0 Å². The average Bonchev–Trinajstić information content (AvgIpc) is 2.04. The molecule has 0 unspecified atom stereocenters. The van der Waals surface area contributed by atoms with Crippen LogP contribution < -0.4 is 5.46 Å². The molecule has 0 aliphatic carbocycles. The summed E-state index contributed by atoms with van der Waals surface area (Å²) in [6, 6.07) is 0.184. The van der Waals surface area contributed by atoms with Gasteiger partial charge in [0.25, 0.3) is 0 Å². The van der Waals surface area contributed by atoms with E-state index in [1.54, 1.807) is 14.8 Å². The van der Waals surface area contributed by atoms with Crippen molar-refractivity contribution < 1.29 is 15.7 Å². The minimum absolute atomic E-state index is 0.184. The molecule has 1 heterocycles. The Morgan fingerprint density at radius 2 is 2.31 bits per heavy atom. The van der Waals surface area contributed by atoms with Crippen LogP contribution in [0.3, 0.4) is 0 Å². The molecule has 0 spiro atoms. The molecule has 0 amide bonds. The molecule has 70 valence electrons. The molecule has 0 fully saturated rings. The van der Waals surface area contributed by atoms with E-state index in [-0.39, 0.29) is 11.7 Å². The highest BCUT2D eigenvalue weighted by Crippen LogP contribution is 2.37. The van der Waals surface area contributed by atoms with Crippen LogP contribution >= 0.6 is 7.60 Å². The summed E-state index contributed by atoms with van der Waals surface area (Å²) < 4.78 is 18.3. The fourth-order valence-corrected chi connectivity index (χ4v) is 1.61. The van der Waals surface area contributed by atoms with E-state index in [2.05, 4.69) is 10.2 Å². The third-order valence-electron chi connectivity index (χ3n) is 1.48. The maximum atomic E-state index is 10.7. The number of hydrogen-bond acceptors (Lipinski definition) is 3. The lowest BCUT2D eigenvalue weighted by Crippen LogP contribution is -2.15. The molecule has 7 heteroatoms. The monoisotopic (exact) mass is 201 g/mol. The van der Waals surface area contributed by atoms with Crippen molar-refractivity contribution in [1.82, 2.24) is 10.2 Å². The summed E-state index contributed by atoms with van der Waals surface area (Å²) in [6.07, 6.45) is -0.460. The Morgan fingerprint density at radius 1 is 1.69 bits per heavy atom. The second kappa shape index (κ2) is 3.58. The van der Waals surface area contributed by atoms with Crippen molar-refractivity contribution in [1.29, 1.82) is 0 Å². The van der Waals surface area contributed by atoms with Crippen LogP contribution in [0.1, 0.15) is 12.8 Å². The van der Waals surface area contributed by atoms with Gasteiger partial charge in [0.2, 0.25) is 0 Å². The van der Waals surface area contributed by atoms with E-state index in [1.807, 2.05) is 0 Å². The van der Waals surface area contributed by atoms with Gasteiger partial charge in [-0.2, -0.15) is 10.2 Å². The average molecular weight is 201 g/mol. The summed E-state index contributed by atoms with van der Waals surface area (Å²) in [5, 5.41) is 7.30. The first-order chi connectivity index (χ1) is 6.31. The summed E-state index contributed by atoms with van der Waals surface area (Å²) in [7, 11) is -2.53. The Morgan fingerprint density at radius 3 is 2.85 bits per heavy atom. The molecule has 13 heavy (non-hydrogen) atoms. The Labute approximate surface area is 78.2 Å². The van der Waals surface area contributed by atoms with Gasteiger partial charge in [-0.05, 0) is 13.0 Å². The molecule has 1 aromatic rings. The molecule has 2 N–H and O–H groups in total. The van der Waals surface area contributed by atoms with Crippen molar-refractivity contribution in [3.8, 4) is 0 Å². The molecule has 1 aromatic heterocycles. The Hall–Kier alpha value is -0.705. The normalized spacial score (nSPS) is 12.7. The van der Waals surface area contributed by atoms with Crippen LogP contribution in [0.25, 0.3) is 0 Å². The number of nitrogens with zero attached hydrogens (tertiary/aromatic N) is 2. The van der Waals surface area contributed by atoms with Crippen molar-refractivity contribution in [2.24, 2.45) is 0 Å². The van der Waals surface area contributed by atoms with Crippen LogP contribution in [-0.4, -0.2) is 27.8 Å². The lowest BCUT2D eigenvalue weighted by Gasteiger charge is -2.05. The minimum atomic E-state index is -4.14. The predicted molar refractivity (Wildman–Crippen MR) is 50.7 cm³/mol. The van der Waals surface area contributed by atoms with Crippen LogP contribution in [0.2, 0.25) is 0 Å². The van der Waals surface area contributed by atoms with E-state index < -0.39 is 13.8 Å². The second-order valence-corrected chi connectivity index (χ2v) is 4.45. The molecule has 0 bridgehead atoms. The van der Waals surface area contributed by atoms with E-state index in [9.17, 15) is 4.57 Å². The molecular formula is C6H10BN2O3P. The number of hydrogen-bond donors (Lipinski definition) is 2. The molecule has 0 radical (unpaired) electrons. The molecule has 5 nitrogen and oxygen atoms in total. The van der Waals surface area contributed by atoms with Crippen molar-refractivity contribution in [3.05, 3.63) is 17.4 Å². The van der Waals surface area contributed by atoms with Crippen LogP contribution in [0, 0.1) is 6.92 Å². The first-order valence-electron chi connectivity index (χ1n) is 4.15. The summed E-state index contributed by atoms with van der Waals surface area (Å²) in [6.45, 7) is 1.63. The summed E-state index contributed by atoms with van der Waals surface area (Å²) >= 11 is 0. The molecule has 0 aliphatic heterocycles. The largest absolute Gasteiger partial charge is 0.331 e. The number of aryl methyl sites for hydroxylation is 1. The van der Waals surface area contributed by atoms with Gasteiger partial charge in [-0.1, -0.05) is 5.46 Å². The van der Waals surface area contributed by atoms with E-state index in [0.29, 0.717) is 11.2 Å². The fraction of sp³-hybridized carbons (Fsp3) is 0.333. The minimum Gasteiger partial charge on any atom is -0.324 e. The molecule has 0 saturated carbocycles. The van der Waals surface area contributed by atoms with Crippen LogP contribution in [0.15, 0.2) is 6.04 Å². The van der Waals surface area contributed by atoms with Gasteiger partial charge in [-0.25, -0.2) is 0 Å².